The lowest BCUT2D eigenvalue weighted by molar-refractivity contribution is -0.873. The van der Waals surface area contributed by atoms with Crippen LogP contribution in [-0.2, 0) is 14.3 Å². The van der Waals surface area contributed by atoms with Crippen LogP contribution in [0.15, 0.2) is 0 Å². The minimum absolute atomic E-state index is 0.245. The molecule has 5 heteroatoms. The molecule has 0 aromatic carbocycles. The zero-order valence-corrected chi connectivity index (χ0v) is 10.5. The third-order valence-electron chi connectivity index (χ3n) is 1.90. The van der Waals surface area contributed by atoms with E-state index in [-0.39, 0.29) is 12.4 Å². The van der Waals surface area contributed by atoms with Crippen LogP contribution in [0.2, 0.25) is 0 Å². The lowest BCUT2D eigenvalue weighted by Crippen LogP contribution is -2.45. The number of carboxylic acid groups (broad SMARTS) is 1. The molecule has 0 saturated carbocycles. The molecular weight excluding hydrogens is 210 g/mol. The third-order valence-corrected chi connectivity index (χ3v) is 1.90. The Morgan fingerprint density at radius 1 is 1.31 bits per heavy atom. The van der Waals surface area contributed by atoms with Crippen LogP contribution in [0.1, 0.15) is 26.2 Å². The molecule has 0 heterocycles. The summed E-state index contributed by atoms with van der Waals surface area (Å²) in [6.45, 7) is 2.33. The molecule has 94 valence electrons. The summed E-state index contributed by atoms with van der Waals surface area (Å²) in [5.74, 6) is -1.54. The first-order valence-electron chi connectivity index (χ1n) is 5.44. The molecule has 0 unspecified atom stereocenters. The molecule has 0 aliphatic rings. The summed E-state index contributed by atoms with van der Waals surface area (Å²) in [7, 11) is 5.74. The van der Waals surface area contributed by atoms with Gasteiger partial charge < -0.3 is 19.1 Å². The minimum Gasteiger partial charge on any atom is -0.550 e. The Kier molecular flexibility index (Phi) is 6.03. The second-order valence-electron chi connectivity index (χ2n) is 4.91. The number of carboxylic acids is 1. The Hall–Kier alpha value is -1.10. The molecule has 0 bridgehead atoms. The molecule has 0 aromatic heterocycles. The average Bonchev–Trinajstić information content (AvgIpc) is 1.98. The molecule has 0 N–H and O–H groups in total. The van der Waals surface area contributed by atoms with Crippen molar-refractivity contribution in [1.82, 2.24) is 0 Å². The van der Waals surface area contributed by atoms with E-state index in [0.717, 1.165) is 0 Å². The van der Waals surface area contributed by atoms with Crippen LogP contribution in [0.3, 0.4) is 0 Å². The number of ether oxygens (including phenoxy) is 1. The van der Waals surface area contributed by atoms with Crippen molar-refractivity contribution in [3.8, 4) is 0 Å². The van der Waals surface area contributed by atoms with E-state index in [1.54, 1.807) is 0 Å². The van der Waals surface area contributed by atoms with Crippen molar-refractivity contribution in [3.05, 3.63) is 0 Å². The van der Waals surface area contributed by atoms with E-state index in [1.807, 2.05) is 28.1 Å². The molecule has 16 heavy (non-hydrogen) atoms. The van der Waals surface area contributed by atoms with Gasteiger partial charge in [-0.3, -0.25) is 4.79 Å². The second kappa shape index (κ2) is 6.48. The van der Waals surface area contributed by atoms with Crippen molar-refractivity contribution in [2.45, 2.75) is 32.3 Å². The number of carbonyl (C=O) groups is 2. The zero-order valence-electron chi connectivity index (χ0n) is 10.5. The smallest absolute Gasteiger partial charge is 0.306 e. The molecule has 0 aliphatic carbocycles. The standard InChI is InChI=1S/C11H21NO4/c1-5-6-11(15)16-9(7-10(13)14)8-12(2,3)4/h9H,5-8H2,1-4H3/t9-/m1/s1. The van der Waals surface area contributed by atoms with E-state index in [1.165, 1.54) is 0 Å². The first-order chi connectivity index (χ1) is 7.24. The van der Waals surface area contributed by atoms with E-state index in [2.05, 4.69) is 0 Å². The van der Waals surface area contributed by atoms with Gasteiger partial charge in [0.25, 0.3) is 0 Å². The number of likely N-dealkylation sites (N-methyl/N-ethyl adjacent to an activating group) is 1. The molecule has 0 fully saturated rings. The van der Waals surface area contributed by atoms with Crippen molar-refractivity contribution in [2.75, 3.05) is 27.7 Å². The number of aliphatic carboxylic acids is 1. The van der Waals surface area contributed by atoms with Gasteiger partial charge in [-0.15, -0.1) is 0 Å². The van der Waals surface area contributed by atoms with Gasteiger partial charge >= 0.3 is 5.97 Å². The van der Waals surface area contributed by atoms with Gasteiger partial charge in [-0.1, -0.05) is 6.92 Å². The maximum absolute atomic E-state index is 11.3. The molecular formula is C11H21NO4. The monoisotopic (exact) mass is 231 g/mol. The summed E-state index contributed by atoms with van der Waals surface area (Å²) < 4.78 is 5.64. The van der Waals surface area contributed by atoms with E-state index < -0.39 is 12.1 Å². The van der Waals surface area contributed by atoms with Crippen molar-refractivity contribution in [3.63, 3.8) is 0 Å². The Morgan fingerprint density at radius 3 is 2.25 bits per heavy atom. The van der Waals surface area contributed by atoms with Crippen LogP contribution in [0.25, 0.3) is 0 Å². The molecule has 0 spiro atoms. The van der Waals surface area contributed by atoms with Gasteiger partial charge in [0.15, 0.2) is 6.10 Å². The Balaban J connectivity index is 4.31. The van der Waals surface area contributed by atoms with Crippen LogP contribution in [0.4, 0.5) is 0 Å². The first kappa shape index (κ1) is 14.9. The third kappa shape index (κ3) is 8.23. The maximum atomic E-state index is 11.3. The topological polar surface area (TPSA) is 66.4 Å². The van der Waals surface area contributed by atoms with Crippen LogP contribution >= 0.6 is 0 Å². The minimum atomic E-state index is -1.19. The van der Waals surface area contributed by atoms with E-state index in [9.17, 15) is 14.7 Å². The van der Waals surface area contributed by atoms with Crippen LogP contribution in [0.5, 0.6) is 0 Å². The lowest BCUT2D eigenvalue weighted by Gasteiger charge is -2.29. The van der Waals surface area contributed by atoms with Crippen molar-refractivity contribution < 1.29 is 23.9 Å². The zero-order chi connectivity index (χ0) is 12.8. The SMILES string of the molecule is CCCC(=O)O[C@H](CC(=O)[O-])C[N+](C)(C)C. The molecule has 0 saturated heterocycles. The van der Waals surface area contributed by atoms with Crippen molar-refractivity contribution in [1.29, 1.82) is 0 Å². The molecule has 1 atom stereocenters. The largest absolute Gasteiger partial charge is 0.550 e. The Morgan fingerprint density at radius 2 is 1.88 bits per heavy atom. The molecule has 0 aromatic rings. The lowest BCUT2D eigenvalue weighted by atomic mass is 10.2. The van der Waals surface area contributed by atoms with Crippen LogP contribution < -0.4 is 5.11 Å². The summed E-state index contributed by atoms with van der Waals surface area (Å²) in [6, 6.07) is 0. The van der Waals surface area contributed by atoms with E-state index in [0.29, 0.717) is 23.9 Å². The van der Waals surface area contributed by atoms with Crippen molar-refractivity contribution >= 4 is 11.9 Å². The number of nitrogens with zero attached hydrogens (tertiary/aromatic N) is 1. The average molecular weight is 231 g/mol. The number of hydrogen-bond donors (Lipinski definition) is 0. The first-order valence-corrected chi connectivity index (χ1v) is 5.44. The molecule has 5 nitrogen and oxygen atoms in total. The van der Waals surface area contributed by atoms with Gasteiger partial charge in [0, 0.05) is 18.8 Å². The quantitative estimate of drug-likeness (QED) is 0.439. The Labute approximate surface area is 96.6 Å². The number of carbonyl (C=O) groups excluding carboxylic acids is 2. The maximum Gasteiger partial charge on any atom is 0.306 e. The summed E-state index contributed by atoms with van der Waals surface area (Å²) in [5.41, 5.74) is 0. The van der Waals surface area contributed by atoms with E-state index >= 15 is 0 Å². The summed E-state index contributed by atoms with van der Waals surface area (Å²) in [4.78, 5) is 21.8. The van der Waals surface area contributed by atoms with E-state index in [4.69, 9.17) is 4.74 Å². The fraction of sp³-hybridized carbons (Fsp3) is 0.818. The highest BCUT2D eigenvalue weighted by Gasteiger charge is 2.21. The summed E-state index contributed by atoms with van der Waals surface area (Å²) >= 11 is 0. The summed E-state index contributed by atoms with van der Waals surface area (Å²) in [6.07, 6.45) is 0.163. The van der Waals surface area contributed by atoms with Gasteiger partial charge in [-0.25, -0.2) is 0 Å². The van der Waals surface area contributed by atoms with Crippen molar-refractivity contribution in [2.24, 2.45) is 0 Å². The van der Waals surface area contributed by atoms with Gasteiger partial charge in [0.05, 0.1) is 21.1 Å². The highest BCUT2D eigenvalue weighted by Crippen LogP contribution is 2.06. The number of esters is 1. The molecule has 0 rings (SSSR count). The van der Waals surface area contributed by atoms with Gasteiger partial charge in [-0.05, 0) is 6.42 Å². The molecule has 0 amide bonds. The normalized spacial score (nSPS) is 13.2. The Bertz CT molecular complexity index is 245. The van der Waals surface area contributed by atoms with Gasteiger partial charge in [-0.2, -0.15) is 0 Å². The summed E-state index contributed by atoms with van der Waals surface area (Å²) in [5, 5.41) is 10.5. The van der Waals surface area contributed by atoms with Crippen LogP contribution in [-0.4, -0.2) is 50.2 Å². The molecule has 0 radical (unpaired) electrons. The predicted molar refractivity (Wildman–Crippen MR) is 57.3 cm³/mol. The second-order valence-corrected chi connectivity index (χ2v) is 4.91. The van der Waals surface area contributed by atoms with Gasteiger partial charge in [0.1, 0.15) is 6.54 Å². The van der Waals surface area contributed by atoms with Gasteiger partial charge in [0.2, 0.25) is 0 Å². The molecule has 0 aliphatic heterocycles. The number of quaternary nitrogens is 1. The number of rotatable bonds is 7. The fourth-order valence-corrected chi connectivity index (χ4v) is 1.39. The highest BCUT2D eigenvalue weighted by molar-refractivity contribution is 5.70. The number of hydrogen-bond acceptors (Lipinski definition) is 4. The van der Waals surface area contributed by atoms with Crippen LogP contribution in [0, 0.1) is 0 Å². The predicted octanol–water partition coefficient (Wildman–Crippen LogP) is -0.455. The highest BCUT2D eigenvalue weighted by atomic mass is 16.5. The fourth-order valence-electron chi connectivity index (χ4n) is 1.39.